The molecular weight excluding hydrogens is 889 g/mol. The third kappa shape index (κ3) is 22.8. The van der Waals surface area contributed by atoms with E-state index in [0.29, 0.717) is 29.0 Å². The number of alkyl carbamates (subject to hydrolysis) is 2. The van der Waals surface area contributed by atoms with Crippen molar-refractivity contribution in [1.29, 1.82) is 0 Å². The van der Waals surface area contributed by atoms with Crippen molar-refractivity contribution in [3.05, 3.63) is 40.6 Å². The minimum absolute atomic E-state index is 0.188. The molecule has 0 radical (unpaired) electrons. The van der Waals surface area contributed by atoms with Crippen LogP contribution in [0.5, 0.6) is 0 Å². The Balaban J connectivity index is 2.02. The fourth-order valence-corrected chi connectivity index (χ4v) is 7.44. The van der Waals surface area contributed by atoms with Gasteiger partial charge in [-0.2, -0.15) is 4.74 Å². The summed E-state index contributed by atoms with van der Waals surface area (Å²) >= 11 is 0. The van der Waals surface area contributed by atoms with Gasteiger partial charge in [0.2, 0.25) is 5.54 Å². The molecule has 9 atom stereocenters. The van der Waals surface area contributed by atoms with E-state index in [1.54, 1.807) is 24.3 Å². The molecule has 0 bridgehead atoms. The molecule has 0 aliphatic carbocycles. The lowest BCUT2D eigenvalue weighted by Crippen LogP contribution is -2.62. The number of hydrogen-bond acceptors (Lipinski definition) is 16. The summed E-state index contributed by atoms with van der Waals surface area (Å²) in [5.41, 5.74) is -0.657. The molecule has 0 spiro atoms. The molecule has 392 valence electrons. The topological polar surface area (TPSA) is 312 Å². The first-order valence-electron chi connectivity index (χ1n) is 24.7. The molecule has 3 amide bonds. The summed E-state index contributed by atoms with van der Waals surface area (Å²) in [4.78, 5) is 38.3. The Labute approximate surface area is 402 Å². The zero-order chi connectivity index (χ0) is 50.3. The van der Waals surface area contributed by atoms with Gasteiger partial charge in [0.1, 0.15) is 42.7 Å². The van der Waals surface area contributed by atoms with Crippen molar-refractivity contribution in [3.8, 4) is 0 Å². The summed E-state index contributed by atoms with van der Waals surface area (Å²) in [6, 6.07) is 6.23. The Morgan fingerprint density at radius 3 is 1.65 bits per heavy atom. The highest BCUT2D eigenvalue weighted by Gasteiger charge is 2.47. The van der Waals surface area contributed by atoms with Crippen LogP contribution in [0.4, 0.5) is 9.59 Å². The molecule has 1 aliphatic rings. The number of carbonyl (C=O) groups excluding carboxylic acids is 3. The van der Waals surface area contributed by atoms with Crippen molar-refractivity contribution in [1.82, 2.24) is 16.0 Å². The minimum atomic E-state index is -2.26. The lowest BCUT2D eigenvalue weighted by molar-refractivity contribution is -0.547. The zero-order valence-corrected chi connectivity index (χ0v) is 40.6. The van der Waals surface area contributed by atoms with Gasteiger partial charge in [0.15, 0.2) is 31.8 Å². The van der Waals surface area contributed by atoms with Gasteiger partial charge in [-0.15, -0.1) is 0 Å². The second kappa shape index (κ2) is 34.6. The van der Waals surface area contributed by atoms with Crippen LogP contribution in [-0.4, -0.2) is 170 Å². The molecule has 1 aromatic rings. The second-order valence-electron chi connectivity index (χ2n) is 18.1. The molecule has 1 saturated heterocycles. The Morgan fingerprint density at radius 2 is 1.19 bits per heavy atom. The fraction of sp³-hybridized carbons (Fsp3) is 0.792. The average molecular weight is 973 g/mol. The van der Waals surface area contributed by atoms with Gasteiger partial charge < -0.3 is 81.0 Å². The van der Waals surface area contributed by atoms with E-state index in [9.17, 15) is 60.4 Å². The van der Waals surface area contributed by atoms with E-state index in [2.05, 4.69) is 29.8 Å². The van der Waals surface area contributed by atoms with Gasteiger partial charge in [0.25, 0.3) is 5.91 Å². The largest absolute Gasteiger partial charge is 0.623 e. The van der Waals surface area contributed by atoms with Crippen LogP contribution in [0.3, 0.4) is 0 Å². The number of aliphatic hydroxyl groups excluding tert-OH is 8. The summed E-state index contributed by atoms with van der Waals surface area (Å²) in [5, 5.41) is 103. The molecule has 1 aromatic carbocycles. The second-order valence-corrected chi connectivity index (χ2v) is 18.1. The van der Waals surface area contributed by atoms with Crippen LogP contribution in [-0.2, 0) is 30.3 Å². The van der Waals surface area contributed by atoms with E-state index < -0.39 is 105 Å². The van der Waals surface area contributed by atoms with E-state index in [4.69, 9.17) is 18.9 Å². The molecule has 1 heterocycles. The highest BCUT2D eigenvalue weighted by atomic mass is 16.7. The van der Waals surface area contributed by atoms with Crippen molar-refractivity contribution in [3.63, 3.8) is 0 Å². The molecule has 11 N–H and O–H groups in total. The highest BCUT2D eigenvalue weighted by Crippen LogP contribution is 2.25. The first kappa shape index (κ1) is 60.4. The smallest absolute Gasteiger partial charge is 0.407 e. The molecule has 1 aliphatic heterocycles. The molecule has 1 fully saturated rings. The third-order valence-corrected chi connectivity index (χ3v) is 12.0. The number of hydrogen-bond donors (Lipinski definition) is 11. The number of carbonyl (C=O) groups is 3. The van der Waals surface area contributed by atoms with Crippen LogP contribution in [0, 0.1) is 5.21 Å². The summed E-state index contributed by atoms with van der Waals surface area (Å²) in [6.45, 7) is 3.87. The van der Waals surface area contributed by atoms with E-state index in [0.717, 1.165) is 51.4 Å². The first-order chi connectivity index (χ1) is 32.6. The SMILES string of the molecule is CCCCCCCCCCCNC(=O)OCC(C)(COC(=O)NCCCCCCCCCCC)/[N+]([O-])=C/c1ccc(CNC(=O)[C@H](O)[C@H](O)[C@H](O[C@@H]2O[C@H](CO)[C@H](O)[C@H](O)[C@H]2O)C(O)CO)cc1. The van der Waals surface area contributed by atoms with Crippen LogP contribution in [0.15, 0.2) is 24.3 Å². The molecular formula is C48H84N4O16. The van der Waals surface area contributed by atoms with Crippen molar-refractivity contribution >= 4 is 24.3 Å². The predicted molar refractivity (Wildman–Crippen MR) is 252 cm³/mol. The van der Waals surface area contributed by atoms with Crippen molar-refractivity contribution in [2.24, 2.45) is 0 Å². The molecule has 0 saturated carbocycles. The summed E-state index contributed by atoms with van der Waals surface area (Å²) in [5.74, 6) is -1.13. The molecule has 20 nitrogen and oxygen atoms in total. The van der Waals surface area contributed by atoms with Gasteiger partial charge in [-0.3, -0.25) is 4.79 Å². The number of nitrogens with one attached hydrogen (secondary N) is 3. The normalized spacial score (nSPS) is 20.5. The number of aliphatic hydroxyl groups is 8. The Hall–Kier alpha value is -3.70. The number of ether oxygens (including phenoxy) is 4. The Bertz CT molecular complexity index is 1520. The fourth-order valence-electron chi connectivity index (χ4n) is 7.44. The van der Waals surface area contributed by atoms with Gasteiger partial charge in [0.05, 0.1) is 13.2 Å². The minimum Gasteiger partial charge on any atom is -0.623 e. The monoisotopic (exact) mass is 973 g/mol. The summed E-state index contributed by atoms with van der Waals surface area (Å²) < 4.78 is 22.1. The van der Waals surface area contributed by atoms with E-state index in [1.165, 1.54) is 77.3 Å². The van der Waals surface area contributed by atoms with Crippen LogP contribution in [0.25, 0.3) is 0 Å². The maximum atomic E-state index is 13.7. The number of nitrogens with zero attached hydrogens (tertiary/aromatic N) is 1. The van der Waals surface area contributed by atoms with Crippen LogP contribution >= 0.6 is 0 Å². The Kier molecular flexibility index (Phi) is 30.7. The quantitative estimate of drug-likeness (QED) is 0.0151. The van der Waals surface area contributed by atoms with E-state index in [-0.39, 0.29) is 6.54 Å². The highest BCUT2D eigenvalue weighted by molar-refractivity contribution is 5.81. The van der Waals surface area contributed by atoms with Crippen LogP contribution < -0.4 is 16.0 Å². The molecule has 68 heavy (non-hydrogen) atoms. The third-order valence-electron chi connectivity index (χ3n) is 12.0. The van der Waals surface area contributed by atoms with Crippen molar-refractivity contribution in [2.45, 2.75) is 204 Å². The number of hydroxylamine groups is 1. The summed E-state index contributed by atoms with van der Waals surface area (Å²) in [7, 11) is 0. The zero-order valence-electron chi connectivity index (χ0n) is 40.6. The van der Waals surface area contributed by atoms with Gasteiger partial charge in [0, 0.05) is 32.1 Å². The predicted octanol–water partition coefficient (Wildman–Crippen LogP) is 2.76. The first-order valence-corrected chi connectivity index (χ1v) is 24.7. The van der Waals surface area contributed by atoms with Gasteiger partial charge in [-0.25, -0.2) is 9.59 Å². The molecule has 1 unspecified atom stereocenters. The Morgan fingerprint density at radius 1 is 0.721 bits per heavy atom. The molecule has 0 aromatic heterocycles. The molecule has 20 heteroatoms. The van der Waals surface area contributed by atoms with Gasteiger partial charge in [-0.05, 0) is 30.5 Å². The average Bonchev–Trinajstić information content (AvgIpc) is 3.34. The van der Waals surface area contributed by atoms with Crippen LogP contribution in [0.2, 0.25) is 0 Å². The van der Waals surface area contributed by atoms with Crippen molar-refractivity contribution < 1.29 is 78.9 Å². The van der Waals surface area contributed by atoms with Gasteiger partial charge in [-0.1, -0.05) is 129 Å². The standard InChI is InChI=1S/C48H84N4O16/c1-4-6-8-10-12-14-16-18-20-26-49-46(62)65-32-48(3,33-66-47(63)50-27-21-19-17-15-13-11-9-7-5-2)52(64)29-35-24-22-34(23-25-35)28-51-44(61)41(59)40(58)43(36(55)30-53)68-45-42(60)39(57)38(56)37(31-54)67-45/h22-25,29,36-43,45,53-60H,4-21,26-28,30-33H2,1-3H3,(H,49,62)(H,50,63)(H,51,61)/b52-29-/t36?,37-,38+,39+,40+,41-,42-,43-,45+/m1/s1. The number of unbranched alkanes of at least 4 members (excludes halogenated alkanes) is 16. The summed E-state index contributed by atoms with van der Waals surface area (Å²) in [6.07, 6.45) is 2.95. The lowest BCUT2D eigenvalue weighted by atomic mass is 9.98. The maximum Gasteiger partial charge on any atom is 0.407 e. The lowest BCUT2D eigenvalue weighted by Gasteiger charge is -2.42. The maximum absolute atomic E-state index is 13.7. The van der Waals surface area contributed by atoms with Crippen LogP contribution in [0.1, 0.15) is 147 Å². The number of rotatable bonds is 36. The molecule has 2 rings (SSSR count). The van der Waals surface area contributed by atoms with E-state index in [1.807, 2.05) is 0 Å². The van der Waals surface area contributed by atoms with Gasteiger partial charge >= 0.3 is 12.2 Å². The number of benzene rings is 1. The van der Waals surface area contributed by atoms with Crippen molar-refractivity contribution in [2.75, 3.05) is 39.5 Å². The van der Waals surface area contributed by atoms with E-state index >= 15 is 0 Å². The number of amides is 3.